The van der Waals surface area contributed by atoms with Gasteiger partial charge in [0.1, 0.15) is 23.6 Å². The molecule has 0 aromatic heterocycles. The highest BCUT2D eigenvalue weighted by Gasteiger charge is 2.35. The average molecular weight is 769 g/mol. The number of unbranched alkanes of at least 4 members (excludes halogenated alkanes) is 1. The lowest BCUT2D eigenvalue weighted by molar-refractivity contribution is -0.124. The Labute approximate surface area is 328 Å². The van der Waals surface area contributed by atoms with Gasteiger partial charge in [0, 0.05) is 37.8 Å². The normalized spacial score (nSPS) is 24.0. The highest BCUT2D eigenvalue weighted by molar-refractivity contribution is 5.88. The molecule has 8 atom stereocenters. The number of aliphatic hydroxyl groups is 3. The molecule has 12 heteroatoms. The molecule has 1 saturated carbocycles. The molecule has 3 aromatic carbocycles. The summed E-state index contributed by atoms with van der Waals surface area (Å²) in [5, 5.41) is 60.7. The first-order valence-corrected chi connectivity index (χ1v) is 19.9. The molecule has 0 amide bonds. The lowest BCUT2D eigenvalue weighted by Crippen LogP contribution is -2.48. The number of nitrogens with zero attached hydrogens (tertiary/aromatic N) is 1. The number of ether oxygens (including phenoxy) is 1. The zero-order valence-electron chi connectivity index (χ0n) is 32.1. The molecule has 1 saturated heterocycles. The fraction of sp³-hybridized carbons (Fsp3) is 0.523. The molecule has 0 bridgehead atoms. The number of nitrogens with one attached hydrogen (secondary N) is 1. The van der Waals surface area contributed by atoms with Crippen molar-refractivity contribution in [3.8, 4) is 29.1 Å². The zero-order chi connectivity index (χ0) is 39.9. The molecule has 0 spiro atoms. The zero-order valence-corrected chi connectivity index (χ0v) is 32.1. The van der Waals surface area contributed by atoms with Gasteiger partial charge in [-0.05, 0) is 127 Å². The third-order valence-corrected chi connectivity index (χ3v) is 12.0. The van der Waals surface area contributed by atoms with Gasteiger partial charge in [-0.15, -0.1) is 0 Å². The van der Waals surface area contributed by atoms with E-state index in [2.05, 4.69) is 22.2 Å². The van der Waals surface area contributed by atoms with Gasteiger partial charge in [-0.2, -0.15) is 0 Å². The van der Waals surface area contributed by atoms with E-state index in [0.29, 0.717) is 66.9 Å². The van der Waals surface area contributed by atoms with Crippen molar-refractivity contribution in [2.45, 2.75) is 107 Å². The first-order chi connectivity index (χ1) is 26.9. The van der Waals surface area contributed by atoms with Gasteiger partial charge in [0.15, 0.2) is 23.2 Å². The number of methoxy groups -OCH3 is 1. The van der Waals surface area contributed by atoms with Crippen LogP contribution in [-0.4, -0.2) is 81.5 Å². The Morgan fingerprint density at radius 3 is 2.62 bits per heavy atom. The molecule has 56 heavy (non-hydrogen) atoms. The standard InChI is InChI=1S/C44H56N4O8/c1-56-42-20-28-9-13-39(52)34(38(51)5-3-2-4-25-16-30-7-11-33(50)22-37(30)48-24-25)12-8-27(36(28)23-40(42)53)19-41(54)43(55)31-17-26-6-10-32(49)21-35(26)29(18-31)14-15-47-44(45)46/h6,10,17-18,20-21,23,25,27,30,34,37-38,41,43,48-49,51,53-55H,2-5,7,9,11,13-16,19,22,24H2,1H3,(H4,45,46,47). The number of fused-ring (bicyclic) bond motifs is 3. The molecule has 12 nitrogen and oxygen atoms in total. The minimum atomic E-state index is -1.34. The fourth-order valence-electron chi connectivity index (χ4n) is 8.90. The maximum Gasteiger partial charge on any atom is 0.185 e. The van der Waals surface area contributed by atoms with Crippen molar-refractivity contribution in [3.63, 3.8) is 0 Å². The van der Waals surface area contributed by atoms with E-state index in [-0.39, 0.29) is 48.4 Å². The van der Waals surface area contributed by atoms with Gasteiger partial charge in [0.25, 0.3) is 0 Å². The Kier molecular flexibility index (Phi) is 13.5. The number of Topliss-reactive ketones (excluding diaryl/α,β-unsaturated/α-hetero) is 2. The third-order valence-electron chi connectivity index (χ3n) is 12.0. The van der Waals surface area contributed by atoms with Gasteiger partial charge in [0.05, 0.1) is 19.3 Å². The van der Waals surface area contributed by atoms with E-state index in [4.69, 9.17) is 16.2 Å². The summed E-state index contributed by atoms with van der Waals surface area (Å²) in [4.78, 5) is 29.6. The van der Waals surface area contributed by atoms with Crippen LogP contribution >= 0.6 is 0 Å². The van der Waals surface area contributed by atoms with Gasteiger partial charge >= 0.3 is 0 Å². The first-order valence-electron chi connectivity index (χ1n) is 19.9. The second kappa shape index (κ2) is 18.5. The number of benzene rings is 3. The smallest absolute Gasteiger partial charge is 0.185 e. The summed E-state index contributed by atoms with van der Waals surface area (Å²) < 4.78 is 5.38. The van der Waals surface area contributed by atoms with Crippen LogP contribution in [0, 0.1) is 29.6 Å². The summed E-state index contributed by atoms with van der Waals surface area (Å²) in [5.74, 6) is 6.06. The number of phenols is 2. The van der Waals surface area contributed by atoms with Gasteiger partial charge in [-0.3, -0.25) is 14.6 Å². The minimum Gasteiger partial charge on any atom is -0.508 e. The second-order valence-electron chi connectivity index (χ2n) is 15.9. The van der Waals surface area contributed by atoms with Crippen LogP contribution in [0.4, 0.5) is 0 Å². The molecule has 1 aliphatic heterocycles. The van der Waals surface area contributed by atoms with Crippen molar-refractivity contribution in [2.75, 3.05) is 20.2 Å². The van der Waals surface area contributed by atoms with Crippen LogP contribution in [0.3, 0.4) is 0 Å². The Bertz CT molecular complexity index is 1980. The third kappa shape index (κ3) is 10.0. The monoisotopic (exact) mass is 768 g/mol. The number of guanidine groups is 1. The Balaban J connectivity index is 1.18. The first kappa shape index (κ1) is 41.0. The van der Waals surface area contributed by atoms with Crippen LogP contribution in [0.15, 0.2) is 47.5 Å². The van der Waals surface area contributed by atoms with Crippen LogP contribution in [-0.2, 0) is 22.4 Å². The van der Waals surface area contributed by atoms with Crippen LogP contribution in [0.1, 0.15) is 98.5 Å². The summed E-state index contributed by atoms with van der Waals surface area (Å²) in [6.45, 7) is 1.18. The number of aromatic hydroxyl groups is 2. The average Bonchev–Trinajstić information content (AvgIpc) is 3.23. The number of hydrogen-bond acceptors (Lipinski definition) is 10. The summed E-state index contributed by atoms with van der Waals surface area (Å²) in [6, 6.07) is 12.0. The van der Waals surface area contributed by atoms with E-state index in [0.717, 1.165) is 60.5 Å². The number of carbonyl (C=O) groups excluding carboxylic acids is 2. The molecule has 1 heterocycles. The number of phenolic OH excluding ortho intramolecular Hbond substituents is 2. The molecule has 300 valence electrons. The Morgan fingerprint density at radius 2 is 1.84 bits per heavy atom. The number of nitrogens with two attached hydrogens (primary N) is 2. The second-order valence-corrected chi connectivity index (χ2v) is 15.9. The molecule has 3 aliphatic rings. The van der Waals surface area contributed by atoms with Gasteiger partial charge in [-0.25, -0.2) is 0 Å². The number of hydrogen-bond donors (Lipinski definition) is 8. The summed E-state index contributed by atoms with van der Waals surface area (Å²) in [7, 11) is 1.45. The number of aliphatic imine (C=N–C) groups is 1. The van der Waals surface area contributed by atoms with E-state index in [1.165, 1.54) is 7.11 Å². The number of aryl methyl sites for hydroxylation is 1. The largest absolute Gasteiger partial charge is 0.508 e. The van der Waals surface area contributed by atoms with Crippen LogP contribution in [0.5, 0.6) is 17.2 Å². The van der Waals surface area contributed by atoms with E-state index >= 15 is 0 Å². The summed E-state index contributed by atoms with van der Waals surface area (Å²) in [6.07, 6.45) is 3.69. The van der Waals surface area contributed by atoms with Crippen molar-refractivity contribution in [2.24, 2.45) is 34.2 Å². The van der Waals surface area contributed by atoms with Crippen LogP contribution in [0.2, 0.25) is 0 Å². The number of ketones is 2. The fourth-order valence-corrected chi connectivity index (χ4v) is 8.90. The van der Waals surface area contributed by atoms with E-state index < -0.39 is 30.1 Å². The van der Waals surface area contributed by atoms with Crippen molar-refractivity contribution < 1.29 is 39.9 Å². The lowest BCUT2D eigenvalue weighted by atomic mass is 9.74. The SMILES string of the molecule is COc1cc2c(cc1O)C(CC(O)C(O)c1cc(CCN=C(N)N)c3cc(O)ccc3c1)C#CC(C(O)CCCCC1CNC3CC(=O)CCC3C1)C(=O)CC2. The topological polar surface area (TPSA) is 221 Å². The maximum absolute atomic E-state index is 13.6. The number of piperidine rings is 1. The molecule has 10 N–H and O–H groups in total. The Hall–Kier alpha value is -4.67. The van der Waals surface area contributed by atoms with Crippen LogP contribution in [0.25, 0.3) is 10.8 Å². The summed E-state index contributed by atoms with van der Waals surface area (Å²) in [5.41, 5.74) is 13.6. The van der Waals surface area contributed by atoms with E-state index in [9.17, 15) is 35.1 Å². The predicted octanol–water partition coefficient (Wildman–Crippen LogP) is 4.05. The highest BCUT2D eigenvalue weighted by Crippen LogP contribution is 2.39. The van der Waals surface area contributed by atoms with Gasteiger partial charge < -0.3 is 47.1 Å². The quantitative estimate of drug-likeness (QED) is 0.0506. The molecule has 8 unspecified atom stereocenters. The van der Waals surface area contributed by atoms with Gasteiger partial charge in [0.2, 0.25) is 0 Å². The highest BCUT2D eigenvalue weighted by atomic mass is 16.5. The minimum absolute atomic E-state index is 0.0354. The molecule has 0 radical (unpaired) electrons. The number of carbonyl (C=O) groups is 2. The molecule has 2 aliphatic carbocycles. The maximum atomic E-state index is 13.6. The molecule has 3 aromatic rings. The van der Waals surface area contributed by atoms with Gasteiger partial charge in [-0.1, -0.05) is 36.8 Å². The lowest BCUT2D eigenvalue weighted by Gasteiger charge is -2.39. The van der Waals surface area contributed by atoms with Crippen molar-refractivity contribution in [3.05, 3.63) is 64.7 Å². The van der Waals surface area contributed by atoms with E-state index in [1.807, 2.05) is 0 Å². The Morgan fingerprint density at radius 1 is 1.02 bits per heavy atom. The molecule has 6 rings (SSSR count). The van der Waals surface area contributed by atoms with Crippen molar-refractivity contribution in [1.29, 1.82) is 0 Å². The predicted molar refractivity (Wildman–Crippen MR) is 214 cm³/mol. The van der Waals surface area contributed by atoms with Crippen molar-refractivity contribution in [1.82, 2.24) is 5.32 Å². The number of aliphatic hydroxyl groups excluding tert-OH is 3. The summed E-state index contributed by atoms with van der Waals surface area (Å²) >= 11 is 0. The van der Waals surface area contributed by atoms with Crippen LogP contribution < -0.4 is 21.5 Å². The van der Waals surface area contributed by atoms with E-state index in [1.54, 1.807) is 42.5 Å². The van der Waals surface area contributed by atoms with Crippen molar-refractivity contribution >= 4 is 28.3 Å². The molecular weight excluding hydrogens is 713 g/mol. The molecular formula is C44H56N4O8. The number of rotatable bonds is 14. The molecule has 2 fully saturated rings.